The highest BCUT2D eigenvalue weighted by atomic mass is 16.5. The van der Waals surface area contributed by atoms with E-state index in [1.54, 1.807) is 0 Å². The first-order chi connectivity index (χ1) is 17.0. The number of carbonyl (C=O) groups excluding carboxylic acids is 2. The molecule has 1 heterocycles. The summed E-state index contributed by atoms with van der Waals surface area (Å²) < 4.78 is 5.49. The Bertz CT molecular complexity index is 1130. The average Bonchev–Trinajstić information content (AvgIpc) is 3.48. The van der Waals surface area contributed by atoms with Crippen LogP contribution >= 0.6 is 0 Å². The van der Waals surface area contributed by atoms with Crippen LogP contribution in [0.5, 0.6) is 0 Å². The minimum Gasteiger partial charge on any atom is -0.480 e. The lowest BCUT2D eigenvalue weighted by Gasteiger charge is -2.15. The van der Waals surface area contributed by atoms with Crippen LogP contribution < -0.4 is 10.6 Å². The number of carboxylic acids is 1. The number of carboxylic acid groups (broad SMARTS) is 1. The van der Waals surface area contributed by atoms with Crippen molar-refractivity contribution >= 4 is 18.0 Å². The number of alkyl carbamates (subject to hydrolysis) is 1. The number of aromatic amines is 1. The Morgan fingerprint density at radius 1 is 1.03 bits per heavy atom. The number of H-pyrrole nitrogens is 1. The number of fused-ring (bicyclic) bond motifs is 3. The number of nitrogens with zero attached hydrogens (tertiary/aromatic N) is 1. The molecule has 4 N–H and O–H groups in total. The molecule has 0 saturated carbocycles. The van der Waals surface area contributed by atoms with Gasteiger partial charge in [-0.15, -0.1) is 0 Å². The Morgan fingerprint density at radius 3 is 2.34 bits per heavy atom. The highest BCUT2D eigenvalue weighted by molar-refractivity contribution is 5.83. The third-order valence-corrected chi connectivity index (χ3v) is 6.06. The number of nitrogens with one attached hydrogen (secondary N) is 3. The van der Waals surface area contributed by atoms with Crippen molar-refractivity contribution in [1.29, 1.82) is 0 Å². The summed E-state index contributed by atoms with van der Waals surface area (Å²) in [6.45, 7) is 0.607. The fourth-order valence-corrected chi connectivity index (χ4v) is 4.33. The number of imidazole rings is 1. The van der Waals surface area contributed by atoms with Crippen molar-refractivity contribution < 1.29 is 24.2 Å². The fraction of sp³-hybridized carbons (Fsp3) is 0.308. The second kappa shape index (κ2) is 11.3. The van der Waals surface area contributed by atoms with Gasteiger partial charge in [0.15, 0.2) is 0 Å². The van der Waals surface area contributed by atoms with Gasteiger partial charge in [0.25, 0.3) is 0 Å². The van der Waals surface area contributed by atoms with E-state index in [1.165, 1.54) is 23.7 Å². The van der Waals surface area contributed by atoms with Crippen molar-refractivity contribution in [1.82, 2.24) is 20.6 Å². The van der Waals surface area contributed by atoms with Gasteiger partial charge >= 0.3 is 12.1 Å². The molecule has 4 rings (SSSR count). The first kappa shape index (κ1) is 24.0. The van der Waals surface area contributed by atoms with E-state index in [2.05, 4.69) is 44.9 Å². The minimum atomic E-state index is -1.11. The number of aromatic nitrogens is 2. The Morgan fingerprint density at radius 2 is 1.71 bits per heavy atom. The maximum absolute atomic E-state index is 12.2. The Labute approximate surface area is 202 Å². The van der Waals surface area contributed by atoms with Crippen molar-refractivity contribution in [3.05, 3.63) is 77.9 Å². The van der Waals surface area contributed by atoms with Gasteiger partial charge in [-0.2, -0.15) is 0 Å². The molecule has 0 fully saturated rings. The van der Waals surface area contributed by atoms with Crippen LogP contribution in [0.15, 0.2) is 61.1 Å². The van der Waals surface area contributed by atoms with E-state index in [-0.39, 0.29) is 31.3 Å². The molecule has 2 aromatic carbocycles. The number of aliphatic carboxylic acids is 1. The summed E-state index contributed by atoms with van der Waals surface area (Å²) in [5.41, 5.74) is 5.28. The smallest absolute Gasteiger partial charge is 0.407 e. The minimum absolute atomic E-state index is 0.000727. The molecule has 1 aliphatic rings. The van der Waals surface area contributed by atoms with Gasteiger partial charge in [-0.05, 0) is 35.1 Å². The van der Waals surface area contributed by atoms with Crippen LogP contribution in [-0.2, 0) is 20.7 Å². The summed E-state index contributed by atoms with van der Waals surface area (Å²) in [5, 5.41) is 14.6. The van der Waals surface area contributed by atoms with Crippen molar-refractivity contribution in [2.24, 2.45) is 0 Å². The molecular formula is C26H28N4O5. The molecule has 9 heteroatoms. The van der Waals surface area contributed by atoms with Crippen LogP contribution in [-0.4, -0.2) is 52.2 Å². The fourth-order valence-electron chi connectivity index (χ4n) is 4.33. The summed E-state index contributed by atoms with van der Waals surface area (Å²) in [6, 6.07) is 15.3. The number of unbranched alkanes of at least 4 members (excludes halogenated alkanes) is 1. The van der Waals surface area contributed by atoms with Gasteiger partial charge < -0.3 is 25.5 Å². The van der Waals surface area contributed by atoms with Gasteiger partial charge in [0.05, 0.1) is 6.33 Å². The maximum atomic E-state index is 12.2. The monoisotopic (exact) mass is 476 g/mol. The van der Waals surface area contributed by atoms with E-state index in [4.69, 9.17) is 4.74 Å². The summed E-state index contributed by atoms with van der Waals surface area (Å²) in [4.78, 5) is 42.4. The maximum Gasteiger partial charge on any atom is 0.407 e. The number of hydrogen-bond acceptors (Lipinski definition) is 5. The van der Waals surface area contributed by atoms with E-state index in [0.29, 0.717) is 25.1 Å². The van der Waals surface area contributed by atoms with Gasteiger partial charge in [-0.3, -0.25) is 4.79 Å². The highest BCUT2D eigenvalue weighted by Crippen LogP contribution is 2.44. The molecule has 1 unspecified atom stereocenters. The van der Waals surface area contributed by atoms with Crippen molar-refractivity contribution in [2.45, 2.75) is 37.6 Å². The zero-order valence-electron chi connectivity index (χ0n) is 19.2. The highest BCUT2D eigenvalue weighted by Gasteiger charge is 2.29. The second-order valence-electron chi connectivity index (χ2n) is 8.45. The number of rotatable bonds is 11. The van der Waals surface area contributed by atoms with E-state index >= 15 is 0 Å². The van der Waals surface area contributed by atoms with Crippen LogP contribution in [0.2, 0.25) is 0 Å². The first-order valence-electron chi connectivity index (χ1n) is 11.6. The molecule has 0 radical (unpaired) electrons. The van der Waals surface area contributed by atoms with Gasteiger partial charge in [0.2, 0.25) is 5.91 Å². The number of amides is 2. The molecule has 0 bridgehead atoms. The third kappa shape index (κ3) is 6.06. The molecule has 2 amide bonds. The Balaban J connectivity index is 1.15. The first-order valence-corrected chi connectivity index (χ1v) is 11.6. The Kier molecular flexibility index (Phi) is 7.77. The topological polar surface area (TPSA) is 133 Å². The summed E-state index contributed by atoms with van der Waals surface area (Å²) in [6.07, 6.45) is 3.85. The molecule has 1 aromatic heterocycles. The predicted octanol–water partition coefficient (Wildman–Crippen LogP) is 3.23. The largest absolute Gasteiger partial charge is 0.480 e. The van der Waals surface area contributed by atoms with Gasteiger partial charge in [-0.1, -0.05) is 48.5 Å². The van der Waals surface area contributed by atoms with E-state index < -0.39 is 18.1 Å². The zero-order valence-corrected chi connectivity index (χ0v) is 19.2. The van der Waals surface area contributed by atoms with E-state index in [0.717, 1.165) is 11.1 Å². The molecule has 1 atom stereocenters. The second-order valence-corrected chi connectivity index (χ2v) is 8.45. The number of carbonyl (C=O) groups is 3. The van der Waals surface area contributed by atoms with Crippen LogP contribution in [0, 0.1) is 0 Å². The average molecular weight is 477 g/mol. The van der Waals surface area contributed by atoms with Crippen LogP contribution in [0.1, 0.15) is 42.0 Å². The Hall–Kier alpha value is -4.14. The molecule has 182 valence electrons. The van der Waals surface area contributed by atoms with Crippen molar-refractivity contribution in [3.8, 4) is 11.1 Å². The molecule has 9 nitrogen and oxygen atoms in total. The van der Waals surface area contributed by atoms with Crippen LogP contribution in [0.25, 0.3) is 11.1 Å². The summed E-state index contributed by atoms with van der Waals surface area (Å²) in [5.74, 6) is -1.45. The molecule has 1 aliphatic carbocycles. The molecule has 0 spiro atoms. The zero-order chi connectivity index (χ0) is 24.6. The number of benzene rings is 2. The van der Waals surface area contributed by atoms with E-state index in [1.807, 2.05) is 24.3 Å². The predicted molar refractivity (Wildman–Crippen MR) is 129 cm³/mol. The van der Waals surface area contributed by atoms with E-state index in [9.17, 15) is 19.5 Å². The van der Waals surface area contributed by atoms with Crippen molar-refractivity contribution in [2.75, 3.05) is 13.2 Å². The van der Waals surface area contributed by atoms with Crippen LogP contribution in [0.3, 0.4) is 0 Å². The van der Waals surface area contributed by atoms with Gasteiger partial charge in [-0.25, -0.2) is 14.6 Å². The standard InChI is InChI=1S/C26H28N4O5/c31-24(30-23(25(32)33)13-17-14-27-16-29-17)11-5-6-12-28-26(34)35-15-22-20-9-3-1-7-18(20)19-8-2-4-10-21(19)22/h1-4,7-10,14,16,22-23H,5-6,11-13,15H2,(H,27,29)(H,28,34)(H,30,31)(H,32,33). The normalized spacial score (nSPS) is 12.9. The van der Waals surface area contributed by atoms with Gasteiger partial charge in [0, 0.05) is 37.2 Å². The summed E-state index contributed by atoms with van der Waals surface area (Å²) in [7, 11) is 0. The quantitative estimate of drug-likeness (QED) is 0.314. The van der Waals surface area contributed by atoms with Crippen LogP contribution in [0.4, 0.5) is 4.79 Å². The third-order valence-electron chi connectivity index (χ3n) is 6.06. The molecular weight excluding hydrogens is 448 g/mol. The molecule has 0 aliphatic heterocycles. The molecule has 0 saturated heterocycles. The lowest BCUT2D eigenvalue weighted by molar-refractivity contribution is -0.141. The molecule has 35 heavy (non-hydrogen) atoms. The molecule has 3 aromatic rings. The van der Waals surface area contributed by atoms with Crippen molar-refractivity contribution in [3.63, 3.8) is 0 Å². The lowest BCUT2D eigenvalue weighted by Crippen LogP contribution is -2.42. The SMILES string of the molecule is O=C(CCCCNC(=O)OCC1c2ccccc2-c2ccccc21)NC(Cc1cnc[nH]1)C(=O)O. The number of ether oxygens (including phenoxy) is 1. The summed E-state index contributed by atoms with van der Waals surface area (Å²) >= 11 is 0. The number of hydrogen-bond donors (Lipinski definition) is 4. The van der Waals surface area contributed by atoms with Gasteiger partial charge in [0.1, 0.15) is 12.6 Å². The lowest BCUT2D eigenvalue weighted by atomic mass is 9.98.